The number of carboxylic acids is 1. The molecule has 0 aliphatic heterocycles. The molecule has 0 bridgehead atoms. The Morgan fingerprint density at radius 2 is 1.95 bits per heavy atom. The molecule has 1 heterocycles. The predicted molar refractivity (Wildman–Crippen MR) is 89.4 cm³/mol. The van der Waals surface area contributed by atoms with Gasteiger partial charge in [0.2, 0.25) is 0 Å². The highest BCUT2D eigenvalue weighted by Crippen LogP contribution is 2.25. The van der Waals surface area contributed by atoms with Crippen LogP contribution >= 0.6 is 0 Å². The van der Waals surface area contributed by atoms with E-state index in [0.29, 0.717) is 5.92 Å². The van der Waals surface area contributed by atoms with Gasteiger partial charge in [-0.15, -0.1) is 0 Å². The molecule has 0 spiro atoms. The summed E-state index contributed by atoms with van der Waals surface area (Å²) in [6.07, 6.45) is 10.0. The second-order valence-corrected chi connectivity index (χ2v) is 4.17. The summed E-state index contributed by atoms with van der Waals surface area (Å²) in [6, 6.07) is 3.35. The van der Waals surface area contributed by atoms with Gasteiger partial charge in [0.25, 0.3) is 0 Å². The molecule has 1 aliphatic carbocycles. The quantitative estimate of drug-likeness (QED) is 0.831. The van der Waals surface area contributed by atoms with Gasteiger partial charge in [-0.05, 0) is 36.5 Å². The number of pyridine rings is 1. The molecule has 0 aromatic carbocycles. The molecule has 0 saturated carbocycles. The third-order valence-electron chi connectivity index (χ3n) is 2.98. The molecule has 1 aliphatic rings. The standard InChI is InChI=1S/C14H15NO2.2C2H6/c1-2-10-4-3-5-11(8-10)13-7-6-12(9-15-13)14(16)17;2*1-2/h3,5-10H,2,4H2,1H3,(H,16,17);2*1-2H3/t10-;;/m0../s1. The minimum atomic E-state index is -0.941. The van der Waals surface area contributed by atoms with Gasteiger partial charge in [0, 0.05) is 6.20 Å². The zero-order valence-electron chi connectivity index (χ0n) is 13.8. The van der Waals surface area contributed by atoms with Gasteiger partial charge in [-0.1, -0.05) is 52.8 Å². The number of hydrogen-bond donors (Lipinski definition) is 1. The van der Waals surface area contributed by atoms with Crippen molar-refractivity contribution in [3.63, 3.8) is 0 Å². The van der Waals surface area contributed by atoms with Crippen molar-refractivity contribution in [2.24, 2.45) is 5.92 Å². The number of carbonyl (C=O) groups is 1. The van der Waals surface area contributed by atoms with Crippen molar-refractivity contribution < 1.29 is 9.90 Å². The smallest absolute Gasteiger partial charge is 0.337 e. The summed E-state index contributed by atoms with van der Waals surface area (Å²) < 4.78 is 0. The predicted octanol–water partition coefficient (Wildman–Crippen LogP) is 5.20. The van der Waals surface area contributed by atoms with Crippen molar-refractivity contribution in [3.8, 4) is 0 Å². The van der Waals surface area contributed by atoms with Gasteiger partial charge in [0.1, 0.15) is 0 Å². The SMILES string of the molecule is CC.CC.CC[C@@H]1C=C(c2ccc(C(=O)O)cn2)C=CC1. The Morgan fingerprint density at radius 1 is 1.29 bits per heavy atom. The molecule has 3 heteroatoms. The van der Waals surface area contributed by atoms with E-state index in [0.717, 1.165) is 24.1 Å². The van der Waals surface area contributed by atoms with Crippen LogP contribution < -0.4 is 0 Å². The molecule has 0 saturated heterocycles. The van der Waals surface area contributed by atoms with E-state index < -0.39 is 5.97 Å². The molecule has 1 aromatic rings. The molecular formula is C18H27NO2. The molecule has 3 nitrogen and oxygen atoms in total. The molecule has 2 rings (SSSR count). The van der Waals surface area contributed by atoms with Crippen LogP contribution in [0.3, 0.4) is 0 Å². The molecule has 116 valence electrons. The van der Waals surface area contributed by atoms with Crippen LogP contribution in [0.25, 0.3) is 5.57 Å². The maximum atomic E-state index is 10.7. The molecule has 21 heavy (non-hydrogen) atoms. The summed E-state index contributed by atoms with van der Waals surface area (Å²) >= 11 is 0. The summed E-state index contributed by atoms with van der Waals surface area (Å²) in [7, 11) is 0. The lowest BCUT2D eigenvalue weighted by Gasteiger charge is -2.14. The van der Waals surface area contributed by atoms with E-state index in [4.69, 9.17) is 5.11 Å². The van der Waals surface area contributed by atoms with Crippen LogP contribution in [0.2, 0.25) is 0 Å². The highest BCUT2D eigenvalue weighted by Gasteiger charge is 2.10. The first kappa shape index (κ1) is 19.1. The van der Waals surface area contributed by atoms with Crippen LogP contribution in [0.1, 0.15) is 63.5 Å². The summed E-state index contributed by atoms with van der Waals surface area (Å²) in [5.74, 6) is -0.375. The van der Waals surface area contributed by atoms with Crippen molar-refractivity contribution in [3.05, 3.63) is 47.8 Å². The summed E-state index contributed by atoms with van der Waals surface area (Å²) in [5.41, 5.74) is 2.14. The van der Waals surface area contributed by atoms with E-state index in [1.165, 1.54) is 6.20 Å². The van der Waals surface area contributed by atoms with Crippen LogP contribution in [0, 0.1) is 5.92 Å². The normalized spacial score (nSPS) is 15.9. The van der Waals surface area contributed by atoms with Crippen LogP contribution in [0.5, 0.6) is 0 Å². The lowest BCUT2D eigenvalue weighted by molar-refractivity contribution is 0.0696. The lowest BCUT2D eigenvalue weighted by Crippen LogP contribution is -2.01. The van der Waals surface area contributed by atoms with E-state index in [-0.39, 0.29) is 5.56 Å². The average Bonchev–Trinajstić information content (AvgIpc) is 2.58. The molecular weight excluding hydrogens is 262 g/mol. The number of carboxylic acid groups (broad SMARTS) is 1. The minimum Gasteiger partial charge on any atom is -0.478 e. The second-order valence-electron chi connectivity index (χ2n) is 4.17. The Balaban J connectivity index is 0.000000921. The van der Waals surface area contributed by atoms with Gasteiger partial charge >= 0.3 is 5.97 Å². The number of aromatic carboxylic acids is 1. The van der Waals surface area contributed by atoms with Crippen molar-refractivity contribution in [1.29, 1.82) is 0 Å². The van der Waals surface area contributed by atoms with E-state index in [1.807, 2.05) is 27.7 Å². The highest BCUT2D eigenvalue weighted by atomic mass is 16.4. The van der Waals surface area contributed by atoms with Gasteiger partial charge < -0.3 is 5.11 Å². The van der Waals surface area contributed by atoms with Crippen LogP contribution in [0.15, 0.2) is 36.6 Å². The van der Waals surface area contributed by atoms with Crippen LogP contribution in [-0.4, -0.2) is 16.1 Å². The molecule has 0 unspecified atom stereocenters. The maximum Gasteiger partial charge on any atom is 0.337 e. The molecule has 1 N–H and O–H groups in total. The lowest BCUT2D eigenvalue weighted by atomic mass is 9.92. The molecule has 1 atom stereocenters. The molecule has 0 amide bonds. The Hall–Kier alpha value is -1.90. The zero-order chi connectivity index (χ0) is 16.3. The Morgan fingerprint density at radius 3 is 2.43 bits per heavy atom. The fraction of sp³-hybridized carbons (Fsp3) is 0.444. The van der Waals surface area contributed by atoms with Crippen molar-refractivity contribution >= 4 is 11.5 Å². The molecule has 1 aromatic heterocycles. The summed E-state index contributed by atoms with van der Waals surface area (Å²) in [4.78, 5) is 14.9. The summed E-state index contributed by atoms with van der Waals surface area (Å²) in [5, 5.41) is 8.80. The minimum absolute atomic E-state index is 0.223. The van der Waals surface area contributed by atoms with E-state index in [1.54, 1.807) is 12.1 Å². The summed E-state index contributed by atoms with van der Waals surface area (Å²) in [6.45, 7) is 10.2. The largest absolute Gasteiger partial charge is 0.478 e. The fourth-order valence-electron chi connectivity index (χ4n) is 1.89. The van der Waals surface area contributed by atoms with Crippen molar-refractivity contribution in [1.82, 2.24) is 4.98 Å². The number of nitrogens with zero attached hydrogens (tertiary/aromatic N) is 1. The number of aromatic nitrogens is 1. The number of allylic oxidation sites excluding steroid dienone is 4. The fourth-order valence-corrected chi connectivity index (χ4v) is 1.89. The monoisotopic (exact) mass is 289 g/mol. The Kier molecular flexibility index (Phi) is 9.86. The Labute approximate surface area is 128 Å². The second kappa shape index (κ2) is 10.8. The zero-order valence-corrected chi connectivity index (χ0v) is 13.8. The van der Waals surface area contributed by atoms with E-state index >= 15 is 0 Å². The van der Waals surface area contributed by atoms with E-state index in [9.17, 15) is 4.79 Å². The average molecular weight is 289 g/mol. The van der Waals surface area contributed by atoms with E-state index in [2.05, 4.69) is 30.1 Å². The molecule has 0 fully saturated rings. The van der Waals surface area contributed by atoms with Gasteiger partial charge in [-0.3, -0.25) is 4.98 Å². The third kappa shape index (κ3) is 5.94. The first-order valence-corrected chi connectivity index (χ1v) is 7.78. The first-order valence-electron chi connectivity index (χ1n) is 7.78. The van der Waals surface area contributed by atoms with Gasteiger partial charge in [-0.2, -0.15) is 0 Å². The van der Waals surface area contributed by atoms with Crippen molar-refractivity contribution in [2.45, 2.75) is 47.5 Å². The third-order valence-corrected chi connectivity index (χ3v) is 2.98. The van der Waals surface area contributed by atoms with Crippen molar-refractivity contribution in [2.75, 3.05) is 0 Å². The van der Waals surface area contributed by atoms with Gasteiger partial charge in [-0.25, -0.2) is 4.79 Å². The van der Waals surface area contributed by atoms with Crippen LogP contribution in [0.4, 0.5) is 0 Å². The number of rotatable bonds is 3. The maximum absolute atomic E-state index is 10.7. The highest BCUT2D eigenvalue weighted by molar-refractivity contribution is 5.87. The van der Waals surface area contributed by atoms with Gasteiger partial charge in [0.15, 0.2) is 0 Å². The Bertz CT molecular complexity index is 472. The first-order chi connectivity index (χ1) is 10.2. The topological polar surface area (TPSA) is 50.2 Å². The number of hydrogen-bond acceptors (Lipinski definition) is 2. The van der Waals surface area contributed by atoms with Crippen LogP contribution in [-0.2, 0) is 0 Å². The molecule has 0 radical (unpaired) electrons. The van der Waals surface area contributed by atoms with Gasteiger partial charge in [0.05, 0.1) is 11.3 Å².